The van der Waals surface area contributed by atoms with Crippen LogP contribution in [0.1, 0.15) is 34.1 Å². The van der Waals surface area contributed by atoms with Crippen LogP contribution in [0.4, 0.5) is 0 Å². The van der Waals surface area contributed by atoms with Gasteiger partial charge in [0.25, 0.3) is 5.56 Å². The van der Waals surface area contributed by atoms with Crippen LogP contribution in [0.2, 0.25) is 0 Å². The number of aromatic amines is 1. The first-order valence-electron chi connectivity index (χ1n) is 13.2. The Morgan fingerprint density at radius 3 is 2.69 bits per heavy atom. The number of ether oxygens (including phenoxy) is 3. The second-order valence-corrected chi connectivity index (χ2v) is 10.2. The Labute approximate surface area is 226 Å². The van der Waals surface area contributed by atoms with E-state index in [1.165, 1.54) is 5.56 Å². The molecule has 0 bridgehead atoms. The number of methoxy groups -OCH3 is 1. The van der Waals surface area contributed by atoms with Crippen molar-refractivity contribution in [2.75, 3.05) is 46.7 Å². The zero-order valence-electron chi connectivity index (χ0n) is 22.5. The number of fused-ring (bicyclic) bond motifs is 2. The van der Waals surface area contributed by atoms with E-state index in [4.69, 9.17) is 14.2 Å². The molecule has 0 spiro atoms. The van der Waals surface area contributed by atoms with E-state index in [-0.39, 0.29) is 18.4 Å². The summed E-state index contributed by atoms with van der Waals surface area (Å²) in [6.07, 6.45) is 0. The Kier molecular flexibility index (Phi) is 7.03. The summed E-state index contributed by atoms with van der Waals surface area (Å²) in [4.78, 5) is 21.5. The number of aromatic nitrogens is 5. The third-order valence-electron chi connectivity index (χ3n) is 7.80. The van der Waals surface area contributed by atoms with Gasteiger partial charge in [-0.05, 0) is 64.5 Å². The first-order chi connectivity index (χ1) is 19.0. The highest BCUT2D eigenvalue weighted by molar-refractivity contribution is 5.83. The van der Waals surface area contributed by atoms with Crippen molar-refractivity contribution < 1.29 is 14.2 Å². The molecule has 39 heavy (non-hydrogen) atoms. The summed E-state index contributed by atoms with van der Waals surface area (Å²) in [7, 11) is 1.65. The molecule has 204 valence electrons. The fraction of sp³-hybridized carbons (Fsp3) is 0.429. The van der Waals surface area contributed by atoms with Gasteiger partial charge in [0, 0.05) is 45.4 Å². The molecule has 2 aromatic carbocycles. The van der Waals surface area contributed by atoms with Crippen molar-refractivity contribution in [3.8, 4) is 11.5 Å². The number of nitrogens with one attached hydrogen (secondary N) is 1. The summed E-state index contributed by atoms with van der Waals surface area (Å²) in [5, 5.41) is 13.6. The number of tetrazole rings is 1. The highest BCUT2D eigenvalue weighted by Gasteiger charge is 2.33. The highest BCUT2D eigenvalue weighted by atomic mass is 16.7. The van der Waals surface area contributed by atoms with E-state index >= 15 is 0 Å². The summed E-state index contributed by atoms with van der Waals surface area (Å²) >= 11 is 0. The summed E-state index contributed by atoms with van der Waals surface area (Å²) in [6, 6.07) is 11.9. The van der Waals surface area contributed by atoms with E-state index < -0.39 is 0 Å². The molecule has 6 rings (SSSR count). The predicted octanol–water partition coefficient (Wildman–Crippen LogP) is 2.41. The average molecular weight is 532 g/mol. The number of H-pyrrole nitrogens is 1. The molecule has 0 unspecified atom stereocenters. The maximum atomic E-state index is 13.6. The molecule has 0 aliphatic carbocycles. The van der Waals surface area contributed by atoms with Gasteiger partial charge in [-0.2, -0.15) is 0 Å². The van der Waals surface area contributed by atoms with Crippen LogP contribution in [0, 0.1) is 13.8 Å². The summed E-state index contributed by atoms with van der Waals surface area (Å²) < 4.78 is 18.0. The van der Waals surface area contributed by atoms with Crippen molar-refractivity contribution >= 4 is 10.9 Å². The number of hydrogen-bond donors (Lipinski definition) is 1. The van der Waals surface area contributed by atoms with Gasteiger partial charge in [-0.1, -0.05) is 18.2 Å². The van der Waals surface area contributed by atoms with Crippen LogP contribution >= 0.6 is 0 Å². The van der Waals surface area contributed by atoms with Gasteiger partial charge in [-0.25, -0.2) is 4.68 Å². The van der Waals surface area contributed by atoms with E-state index in [2.05, 4.69) is 61.5 Å². The minimum atomic E-state index is -0.390. The van der Waals surface area contributed by atoms with Gasteiger partial charge >= 0.3 is 0 Å². The molecule has 2 aliphatic rings. The van der Waals surface area contributed by atoms with E-state index in [0.717, 1.165) is 66.3 Å². The third-order valence-corrected chi connectivity index (χ3v) is 7.80. The Balaban J connectivity index is 1.29. The lowest BCUT2D eigenvalue weighted by Crippen LogP contribution is -2.48. The van der Waals surface area contributed by atoms with Crippen LogP contribution in [0.3, 0.4) is 0 Å². The Hall–Kier alpha value is -3.80. The largest absolute Gasteiger partial charge is 0.454 e. The minimum Gasteiger partial charge on any atom is -0.454 e. The molecule has 0 saturated carbocycles. The van der Waals surface area contributed by atoms with Crippen LogP contribution in [-0.2, 0) is 17.8 Å². The monoisotopic (exact) mass is 531 g/mol. The van der Waals surface area contributed by atoms with Gasteiger partial charge in [0.1, 0.15) is 6.04 Å². The lowest BCUT2D eigenvalue weighted by molar-refractivity contribution is 0.0984. The molecular weight excluding hydrogens is 498 g/mol. The molecule has 11 nitrogen and oxygen atoms in total. The number of rotatable bonds is 8. The molecular formula is C28H33N7O4. The first kappa shape index (κ1) is 25.5. The normalized spacial score (nSPS) is 16.7. The number of benzene rings is 2. The van der Waals surface area contributed by atoms with E-state index in [0.29, 0.717) is 24.5 Å². The van der Waals surface area contributed by atoms with Crippen LogP contribution < -0.4 is 15.0 Å². The molecule has 1 saturated heterocycles. The summed E-state index contributed by atoms with van der Waals surface area (Å²) in [5.41, 5.74) is 4.80. The average Bonchev–Trinajstić information content (AvgIpc) is 3.61. The van der Waals surface area contributed by atoms with Gasteiger partial charge in [-0.3, -0.25) is 14.6 Å². The molecule has 2 aromatic heterocycles. The Bertz CT molecular complexity index is 1540. The van der Waals surface area contributed by atoms with Gasteiger partial charge in [0.15, 0.2) is 17.3 Å². The molecule has 2 aliphatic heterocycles. The van der Waals surface area contributed by atoms with Gasteiger partial charge in [-0.15, -0.1) is 5.10 Å². The lowest BCUT2D eigenvalue weighted by Gasteiger charge is -2.38. The number of nitrogens with zero attached hydrogens (tertiary/aromatic N) is 6. The van der Waals surface area contributed by atoms with Crippen molar-refractivity contribution in [1.29, 1.82) is 0 Å². The fourth-order valence-electron chi connectivity index (χ4n) is 5.47. The van der Waals surface area contributed by atoms with E-state index in [9.17, 15) is 4.79 Å². The van der Waals surface area contributed by atoms with Gasteiger partial charge in [0.2, 0.25) is 6.79 Å². The fourth-order valence-corrected chi connectivity index (χ4v) is 5.47. The van der Waals surface area contributed by atoms with Crippen LogP contribution in [0.5, 0.6) is 11.5 Å². The maximum absolute atomic E-state index is 13.6. The van der Waals surface area contributed by atoms with Gasteiger partial charge < -0.3 is 19.2 Å². The van der Waals surface area contributed by atoms with E-state index in [1.54, 1.807) is 11.8 Å². The minimum absolute atomic E-state index is 0.120. The smallest absolute Gasteiger partial charge is 0.253 e. The molecule has 4 aromatic rings. The topological polar surface area (TPSA) is 111 Å². The second kappa shape index (κ2) is 10.8. The SMILES string of the molecule is COCCn1nnnc1[C@@H](c1cc2ccc(C)c(C)c2[nH]c1=O)N1CCN(Cc2ccc3c(c2)OCO3)CC1. The quantitative estimate of drug-likeness (QED) is 0.366. The zero-order valence-corrected chi connectivity index (χ0v) is 22.5. The van der Waals surface area contributed by atoms with Gasteiger partial charge in [0.05, 0.1) is 18.7 Å². The van der Waals surface area contributed by atoms with Crippen LogP contribution in [0.15, 0.2) is 41.2 Å². The Morgan fingerprint density at radius 2 is 1.87 bits per heavy atom. The first-order valence-corrected chi connectivity index (χ1v) is 13.2. The van der Waals surface area contributed by atoms with Crippen molar-refractivity contribution in [3.05, 3.63) is 74.8 Å². The molecule has 0 radical (unpaired) electrons. The number of aryl methyl sites for hydroxylation is 2. The van der Waals surface area contributed by atoms with Crippen molar-refractivity contribution in [2.24, 2.45) is 0 Å². The maximum Gasteiger partial charge on any atom is 0.253 e. The Morgan fingerprint density at radius 1 is 1.05 bits per heavy atom. The molecule has 4 heterocycles. The molecule has 11 heteroatoms. The third kappa shape index (κ3) is 5.00. The molecule has 1 N–H and O–H groups in total. The number of pyridine rings is 1. The summed E-state index contributed by atoms with van der Waals surface area (Å²) in [6.45, 7) is 9.36. The van der Waals surface area contributed by atoms with Crippen molar-refractivity contribution in [3.63, 3.8) is 0 Å². The highest BCUT2D eigenvalue weighted by Crippen LogP contribution is 2.33. The zero-order chi connectivity index (χ0) is 26.9. The summed E-state index contributed by atoms with van der Waals surface area (Å²) in [5.74, 6) is 2.24. The number of piperazine rings is 1. The molecule has 1 fully saturated rings. The second-order valence-electron chi connectivity index (χ2n) is 10.2. The van der Waals surface area contributed by atoms with Crippen molar-refractivity contribution in [1.82, 2.24) is 35.0 Å². The van der Waals surface area contributed by atoms with Crippen LogP contribution in [-0.4, -0.2) is 81.7 Å². The molecule has 0 amide bonds. The number of hydrogen-bond acceptors (Lipinski definition) is 9. The van der Waals surface area contributed by atoms with E-state index in [1.807, 2.05) is 19.1 Å². The standard InChI is InChI=1S/C28H33N7O4/c1-18-4-6-21-15-22(28(36)29-25(21)19(18)2)26(27-30-31-32-35(27)12-13-37-3)34-10-8-33(9-11-34)16-20-5-7-23-24(14-20)39-17-38-23/h4-7,14-15,26H,8-13,16-17H2,1-3H3,(H,29,36)/t26-/m1/s1. The lowest BCUT2D eigenvalue weighted by atomic mass is 9.99. The molecule has 1 atom stereocenters. The predicted molar refractivity (Wildman–Crippen MR) is 145 cm³/mol. The van der Waals surface area contributed by atoms with Crippen LogP contribution in [0.25, 0.3) is 10.9 Å². The van der Waals surface area contributed by atoms with Crippen molar-refractivity contribution in [2.45, 2.75) is 33.0 Å².